The van der Waals surface area contributed by atoms with E-state index in [1.165, 1.54) is 12.1 Å². The van der Waals surface area contributed by atoms with E-state index in [-0.39, 0.29) is 11.6 Å². The first kappa shape index (κ1) is 23.2. The normalized spacial score (nSPS) is 10.9. The molecule has 0 radical (unpaired) electrons. The maximum absolute atomic E-state index is 13.7. The molecule has 5 aromatic carbocycles. The standard InChI is InChI=1S/C32H21FN2O3/c33-23-10-6-21(7-11-23)32-31(22-8-14-26(15-9-22)37-27-16-12-24(36)13-17-27)34-29-19-18-28(20-30(29)35-32)38-25-4-2-1-3-5-25/h1-20,36H. The van der Waals surface area contributed by atoms with Crippen LogP contribution in [0.25, 0.3) is 33.5 Å². The van der Waals surface area contributed by atoms with Crippen LogP contribution in [-0.4, -0.2) is 15.1 Å². The van der Waals surface area contributed by atoms with E-state index in [4.69, 9.17) is 19.4 Å². The van der Waals surface area contributed by atoms with Crippen molar-refractivity contribution in [2.45, 2.75) is 0 Å². The Morgan fingerprint density at radius 2 is 1.00 bits per heavy atom. The monoisotopic (exact) mass is 500 g/mol. The number of hydrogen-bond donors (Lipinski definition) is 1. The Morgan fingerprint density at radius 3 is 1.66 bits per heavy atom. The maximum Gasteiger partial charge on any atom is 0.129 e. The van der Waals surface area contributed by atoms with Gasteiger partial charge in [-0.25, -0.2) is 14.4 Å². The molecule has 0 fully saturated rings. The van der Waals surface area contributed by atoms with E-state index >= 15 is 0 Å². The summed E-state index contributed by atoms with van der Waals surface area (Å²) in [5.74, 6) is 2.48. The number of fused-ring (bicyclic) bond motifs is 1. The molecule has 6 heteroatoms. The summed E-state index contributed by atoms with van der Waals surface area (Å²) in [4.78, 5) is 9.87. The van der Waals surface area contributed by atoms with Gasteiger partial charge in [0.05, 0.1) is 22.4 Å². The van der Waals surface area contributed by atoms with E-state index in [1.54, 1.807) is 36.4 Å². The minimum atomic E-state index is -0.321. The van der Waals surface area contributed by atoms with Crippen LogP contribution in [0.1, 0.15) is 0 Å². The van der Waals surface area contributed by atoms with Crippen molar-refractivity contribution in [2.75, 3.05) is 0 Å². The van der Waals surface area contributed by atoms with Crippen LogP contribution in [0, 0.1) is 5.82 Å². The van der Waals surface area contributed by atoms with Gasteiger partial charge in [-0.1, -0.05) is 18.2 Å². The predicted molar refractivity (Wildman–Crippen MR) is 145 cm³/mol. The summed E-state index contributed by atoms with van der Waals surface area (Å²) in [5, 5.41) is 9.48. The fraction of sp³-hybridized carbons (Fsp3) is 0. The molecule has 1 N–H and O–H groups in total. The molecular weight excluding hydrogens is 479 g/mol. The molecule has 0 aliphatic rings. The molecule has 5 nitrogen and oxygen atoms in total. The van der Waals surface area contributed by atoms with Crippen LogP contribution in [0.4, 0.5) is 4.39 Å². The van der Waals surface area contributed by atoms with Gasteiger partial charge in [0.25, 0.3) is 0 Å². The van der Waals surface area contributed by atoms with Crippen LogP contribution >= 0.6 is 0 Å². The SMILES string of the molecule is Oc1ccc(Oc2ccc(-c3nc4ccc(Oc5ccccc5)cc4nc3-c3ccc(F)cc3)cc2)cc1. The molecule has 1 heterocycles. The van der Waals surface area contributed by atoms with E-state index in [2.05, 4.69) is 0 Å². The van der Waals surface area contributed by atoms with Gasteiger partial charge in [-0.15, -0.1) is 0 Å². The highest BCUT2D eigenvalue weighted by molar-refractivity contribution is 5.87. The predicted octanol–water partition coefficient (Wildman–Crippen LogP) is 8.39. The molecule has 0 atom stereocenters. The van der Waals surface area contributed by atoms with E-state index in [1.807, 2.05) is 72.8 Å². The average molecular weight is 501 g/mol. The quantitative estimate of drug-likeness (QED) is 0.249. The summed E-state index contributed by atoms with van der Waals surface area (Å²) in [6.07, 6.45) is 0. The number of nitrogens with zero attached hydrogens (tertiary/aromatic N) is 2. The molecule has 0 spiro atoms. The highest BCUT2D eigenvalue weighted by Crippen LogP contribution is 2.34. The summed E-state index contributed by atoms with van der Waals surface area (Å²) >= 11 is 0. The lowest BCUT2D eigenvalue weighted by Crippen LogP contribution is -1.96. The Morgan fingerprint density at radius 1 is 0.500 bits per heavy atom. The fourth-order valence-electron chi connectivity index (χ4n) is 4.06. The van der Waals surface area contributed by atoms with Crippen LogP contribution < -0.4 is 9.47 Å². The molecule has 0 aliphatic heterocycles. The zero-order valence-corrected chi connectivity index (χ0v) is 20.1. The van der Waals surface area contributed by atoms with Crippen LogP contribution in [0.15, 0.2) is 121 Å². The van der Waals surface area contributed by atoms with E-state index in [0.717, 1.165) is 16.9 Å². The first-order valence-electron chi connectivity index (χ1n) is 12.0. The fourth-order valence-corrected chi connectivity index (χ4v) is 4.06. The molecule has 38 heavy (non-hydrogen) atoms. The summed E-state index contributed by atoms with van der Waals surface area (Å²) < 4.78 is 25.6. The third-order valence-electron chi connectivity index (χ3n) is 5.93. The number of hydrogen-bond acceptors (Lipinski definition) is 5. The highest BCUT2D eigenvalue weighted by Gasteiger charge is 2.15. The van der Waals surface area contributed by atoms with Crippen molar-refractivity contribution >= 4 is 11.0 Å². The second kappa shape index (κ2) is 10.0. The molecule has 0 aliphatic carbocycles. The number of phenols is 1. The van der Waals surface area contributed by atoms with Gasteiger partial charge in [0.15, 0.2) is 0 Å². The Hall–Kier alpha value is -5.23. The Balaban J connectivity index is 1.39. The van der Waals surface area contributed by atoms with E-state index in [9.17, 15) is 9.50 Å². The summed E-state index contributed by atoms with van der Waals surface area (Å²) in [5.41, 5.74) is 4.24. The zero-order valence-electron chi connectivity index (χ0n) is 20.1. The highest BCUT2D eigenvalue weighted by atomic mass is 19.1. The van der Waals surface area contributed by atoms with Crippen LogP contribution in [-0.2, 0) is 0 Å². The van der Waals surface area contributed by atoms with Gasteiger partial charge in [-0.3, -0.25) is 0 Å². The third-order valence-corrected chi connectivity index (χ3v) is 5.93. The number of para-hydroxylation sites is 1. The summed E-state index contributed by atoms with van der Waals surface area (Å²) in [6, 6.07) is 35.4. The molecule has 0 unspecified atom stereocenters. The van der Waals surface area contributed by atoms with Gasteiger partial charge in [0.2, 0.25) is 0 Å². The lowest BCUT2D eigenvalue weighted by molar-refractivity contribution is 0.464. The molecule has 6 rings (SSSR count). The van der Waals surface area contributed by atoms with Gasteiger partial charge in [-0.2, -0.15) is 0 Å². The number of aromatic nitrogens is 2. The smallest absolute Gasteiger partial charge is 0.129 e. The number of phenolic OH excluding ortho intramolecular Hbond substituents is 1. The van der Waals surface area contributed by atoms with Crippen molar-refractivity contribution in [1.82, 2.24) is 9.97 Å². The minimum absolute atomic E-state index is 0.176. The summed E-state index contributed by atoms with van der Waals surface area (Å²) in [7, 11) is 0. The molecule has 6 aromatic rings. The van der Waals surface area contributed by atoms with Crippen LogP contribution in [0.3, 0.4) is 0 Å². The van der Waals surface area contributed by atoms with Gasteiger partial charge in [-0.05, 0) is 97.1 Å². The molecule has 0 amide bonds. The molecular formula is C32H21FN2O3. The molecule has 1 aromatic heterocycles. The van der Waals surface area contributed by atoms with Crippen molar-refractivity contribution in [2.24, 2.45) is 0 Å². The van der Waals surface area contributed by atoms with Crippen molar-refractivity contribution in [3.8, 4) is 51.3 Å². The Kier molecular flexibility index (Phi) is 6.12. The molecule has 0 bridgehead atoms. The van der Waals surface area contributed by atoms with Gasteiger partial charge in [0, 0.05) is 17.2 Å². The average Bonchev–Trinajstić information content (AvgIpc) is 2.95. The first-order valence-corrected chi connectivity index (χ1v) is 12.0. The van der Waals surface area contributed by atoms with E-state index in [0.29, 0.717) is 39.7 Å². The van der Waals surface area contributed by atoms with Gasteiger partial charge >= 0.3 is 0 Å². The number of benzene rings is 5. The van der Waals surface area contributed by atoms with Crippen molar-refractivity contribution in [1.29, 1.82) is 0 Å². The third kappa shape index (κ3) is 5.01. The Bertz CT molecular complexity index is 1700. The van der Waals surface area contributed by atoms with Gasteiger partial charge < -0.3 is 14.6 Å². The van der Waals surface area contributed by atoms with Crippen molar-refractivity contribution < 1.29 is 19.0 Å². The molecule has 184 valence electrons. The van der Waals surface area contributed by atoms with Crippen LogP contribution in [0.5, 0.6) is 28.7 Å². The minimum Gasteiger partial charge on any atom is -0.508 e. The van der Waals surface area contributed by atoms with Crippen molar-refractivity contribution in [3.63, 3.8) is 0 Å². The molecule has 0 saturated heterocycles. The first-order chi connectivity index (χ1) is 18.6. The lowest BCUT2D eigenvalue weighted by Gasteiger charge is -2.13. The second-order valence-corrected chi connectivity index (χ2v) is 8.61. The second-order valence-electron chi connectivity index (χ2n) is 8.61. The number of rotatable bonds is 6. The lowest BCUT2D eigenvalue weighted by atomic mass is 10.0. The number of aromatic hydroxyl groups is 1. The summed E-state index contributed by atoms with van der Waals surface area (Å²) in [6.45, 7) is 0. The van der Waals surface area contributed by atoms with Gasteiger partial charge in [0.1, 0.15) is 34.6 Å². The maximum atomic E-state index is 13.7. The topological polar surface area (TPSA) is 64.5 Å². The number of halogens is 1. The molecule has 0 saturated carbocycles. The number of ether oxygens (including phenoxy) is 2. The largest absolute Gasteiger partial charge is 0.508 e. The van der Waals surface area contributed by atoms with Crippen LogP contribution in [0.2, 0.25) is 0 Å². The Labute approximate surface area is 218 Å². The van der Waals surface area contributed by atoms with Crippen molar-refractivity contribution in [3.05, 3.63) is 127 Å². The zero-order chi connectivity index (χ0) is 25.9. The van der Waals surface area contributed by atoms with E-state index < -0.39 is 0 Å².